The fourth-order valence-electron chi connectivity index (χ4n) is 1.67. The predicted molar refractivity (Wildman–Crippen MR) is 75.6 cm³/mol. The maximum Gasteiger partial charge on any atom is 0.329 e. The van der Waals surface area contributed by atoms with Crippen LogP contribution in [0.2, 0.25) is 5.28 Å². The maximum atomic E-state index is 11.3. The number of carbonyl (C=O) groups is 1. The third-order valence-corrected chi connectivity index (χ3v) is 3.02. The normalized spacial score (nSPS) is 11.1. The van der Waals surface area contributed by atoms with E-state index in [4.69, 9.17) is 11.6 Å². The molecule has 0 spiro atoms. The molecule has 0 radical (unpaired) electrons. The Morgan fingerprint density at radius 2 is 2.00 bits per heavy atom. The van der Waals surface area contributed by atoms with Crippen molar-refractivity contribution in [3.63, 3.8) is 0 Å². The number of aliphatic carboxylic acids is 1. The van der Waals surface area contributed by atoms with Crippen molar-refractivity contribution in [1.82, 2.24) is 14.5 Å². The van der Waals surface area contributed by atoms with Crippen molar-refractivity contribution in [3.05, 3.63) is 23.2 Å². The van der Waals surface area contributed by atoms with E-state index in [0.717, 1.165) is 10.9 Å². The number of carboxylic acid groups (broad SMARTS) is 1. The lowest BCUT2D eigenvalue weighted by Gasteiger charge is -2.22. The average molecular weight is 284 g/mol. The highest BCUT2D eigenvalue weighted by Gasteiger charge is 2.31. The van der Waals surface area contributed by atoms with Crippen LogP contribution in [0.15, 0.2) is 12.4 Å². The molecule has 2 heterocycles. The van der Waals surface area contributed by atoms with E-state index >= 15 is 0 Å². The number of rotatable bonds is 2. The second-order valence-corrected chi connectivity index (χ2v) is 4.76. The summed E-state index contributed by atoms with van der Waals surface area (Å²) in [6, 6.07) is 0. The van der Waals surface area contributed by atoms with Crippen molar-refractivity contribution in [2.45, 2.75) is 40.2 Å². The summed E-state index contributed by atoms with van der Waals surface area (Å²) < 4.78 is 1.60. The summed E-state index contributed by atoms with van der Waals surface area (Å²) in [5, 5.41) is 10.2. The molecule has 0 fully saturated rings. The van der Waals surface area contributed by atoms with Gasteiger partial charge in [-0.1, -0.05) is 13.8 Å². The van der Waals surface area contributed by atoms with Crippen LogP contribution in [0, 0.1) is 6.92 Å². The van der Waals surface area contributed by atoms with E-state index in [1.54, 1.807) is 30.8 Å². The zero-order valence-corrected chi connectivity index (χ0v) is 12.5. The summed E-state index contributed by atoms with van der Waals surface area (Å²) in [5.41, 5.74) is 0.380. The van der Waals surface area contributed by atoms with E-state index in [2.05, 4.69) is 9.97 Å². The first-order valence-corrected chi connectivity index (χ1v) is 6.46. The van der Waals surface area contributed by atoms with E-state index in [9.17, 15) is 9.90 Å². The highest BCUT2D eigenvalue weighted by atomic mass is 35.5. The molecule has 0 saturated carbocycles. The van der Waals surface area contributed by atoms with Crippen LogP contribution in [-0.2, 0) is 10.3 Å². The summed E-state index contributed by atoms with van der Waals surface area (Å²) in [4.78, 5) is 19.3. The molecule has 0 aliphatic carbocycles. The van der Waals surface area contributed by atoms with Gasteiger partial charge in [-0.25, -0.2) is 9.78 Å². The molecule has 0 saturated heterocycles. The van der Waals surface area contributed by atoms with Crippen LogP contribution in [0.1, 0.15) is 33.3 Å². The van der Waals surface area contributed by atoms with Gasteiger partial charge >= 0.3 is 5.97 Å². The molecule has 104 valence electrons. The molecule has 0 aliphatic heterocycles. The Morgan fingerprint density at radius 1 is 1.42 bits per heavy atom. The van der Waals surface area contributed by atoms with Crippen LogP contribution in [0.4, 0.5) is 0 Å². The van der Waals surface area contributed by atoms with Crippen molar-refractivity contribution in [1.29, 1.82) is 0 Å². The minimum absolute atomic E-state index is 0.109. The highest BCUT2D eigenvalue weighted by molar-refractivity contribution is 6.28. The van der Waals surface area contributed by atoms with Crippen molar-refractivity contribution in [2.24, 2.45) is 0 Å². The summed E-state index contributed by atoms with van der Waals surface area (Å²) in [6.45, 7) is 9.11. The van der Waals surface area contributed by atoms with Crippen molar-refractivity contribution in [2.75, 3.05) is 0 Å². The lowest BCUT2D eigenvalue weighted by molar-refractivity contribution is -0.145. The Labute approximate surface area is 117 Å². The van der Waals surface area contributed by atoms with Crippen LogP contribution in [0.25, 0.3) is 11.0 Å². The van der Waals surface area contributed by atoms with Gasteiger partial charge in [0.05, 0.1) is 0 Å². The van der Waals surface area contributed by atoms with Crippen molar-refractivity contribution >= 4 is 28.6 Å². The quantitative estimate of drug-likeness (QED) is 0.859. The number of hydrogen-bond donors (Lipinski definition) is 1. The molecule has 1 N–H and O–H groups in total. The number of hydrogen-bond acceptors (Lipinski definition) is 3. The molecule has 0 aliphatic rings. The van der Waals surface area contributed by atoms with Gasteiger partial charge < -0.3 is 9.67 Å². The lowest BCUT2D eigenvalue weighted by Crippen LogP contribution is -2.35. The third kappa shape index (κ3) is 2.71. The molecule has 2 rings (SSSR count). The monoisotopic (exact) mass is 283 g/mol. The van der Waals surface area contributed by atoms with Gasteiger partial charge in [0, 0.05) is 17.8 Å². The van der Waals surface area contributed by atoms with E-state index in [1.807, 2.05) is 20.8 Å². The molecule has 6 heteroatoms. The summed E-state index contributed by atoms with van der Waals surface area (Å²) in [6.07, 6.45) is 3.36. The number of nitrogens with zero attached hydrogens (tertiary/aromatic N) is 3. The Kier molecular flexibility index (Phi) is 4.52. The summed E-state index contributed by atoms with van der Waals surface area (Å²) in [5.74, 6) is -0.927. The van der Waals surface area contributed by atoms with Gasteiger partial charge in [-0.15, -0.1) is 0 Å². The maximum absolute atomic E-state index is 11.3. The largest absolute Gasteiger partial charge is 0.480 e. The van der Waals surface area contributed by atoms with E-state index in [0.29, 0.717) is 5.65 Å². The molecule has 0 unspecified atom stereocenters. The minimum Gasteiger partial charge on any atom is -0.480 e. The van der Waals surface area contributed by atoms with Gasteiger partial charge in [0.25, 0.3) is 0 Å². The molecule has 0 bridgehead atoms. The van der Waals surface area contributed by atoms with Gasteiger partial charge in [0.1, 0.15) is 11.2 Å². The van der Waals surface area contributed by atoms with Crippen LogP contribution in [0.5, 0.6) is 0 Å². The van der Waals surface area contributed by atoms with Gasteiger partial charge in [-0.3, -0.25) is 0 Å². The molecule has 2 aromatic rings. The molecule has 0 atom stereocenters. The molecule has 5 nitrogen and oxygen atoms in total. The van der Waals surface area contributed by atoms with Crippen LogP contribution in [0.3, 0.4) is 0 Å². The van der Waals surface area contributed by atoms with Crippen LogP contribution in [-0.4, -0.2) is 25.6 Å². The van der Waals surface area contributed by atoms with Gasteiger partial charge in [0.15, 0.2) is 0 Å². The molecule has 19 heavy (non-hydrogen) atoms. The Bertz CT molecular complexity index is 605. The number of carboxylic acids is 1. The summed E-state index contributed by atoms with van der Waals surface area (Å²) in [7, 11) is 0. The predicted octanol–water partition coefficient (Wildman–Crippen LogP) is 3.24. The first-order valence-electron chi connectivity index (χ1n) is 6.08. The second kappa shape index (κ2) is 5.57. The molecule has 0 aromatic carbocycles. The fourth-order valence-corrected chi connectivity index (χ4v) is 1.80. The number of halogens is 1. The van der Waals surface area contributed by atoms with Crippen molar-refractivity contribution < 1.29 is 9.90 Å². The highest BCUT2D eigenvalue weighted by Crippen LogP contribution is 2.26. The second-order valence-electron chi connectivity index (χ2n) is 4.42. The fraction of sp³-hybridized carbons (Fsp3) is 0.462. The zero-order chi connectivity index (χ0) is 14.8. The number of aromatic nitrogens is 3. The SMILES string of the molecule is CC.Cc1cn(C(C)(C)C(=O)O)c2nc(Cl)ncc12. The molecular formula is C13H18ClN3O2. The van der Waals surface area contributed by atoms with Gasteiger partial charge in [-0.05, 0) is 37.9 Å². The van der Waals surface area contributed by atoms with E-state index < -0.39 is 11.5 Å². The first kappa shape index (κ1) is 15.4. The van der Waals surface area contributed by atoms with E-state index in [1.165, 1.54) is 0 Å². The number of fused-ring (bicyclic) bond motifs is 1. The lowest BCUT2D eigenvalue weighted by atomic mass is 10.1. The standard InChI is InChI=1S/C11H12ClN3O2.C2H6/c1-6-5-15(11(2,3)9(16)17)8-7(6)4-13-10(12)14-8;1-2/h4-5H,1-3H3,(H,16,17);1-2H3. The zero-order valence-electron chi connectivity index (χ0n) is 11.7. The topological polar surface area (TPSA) is 68.0 Å². The Balaban J connectivity index is 0.000000861. The molecular weight excluding hydrogens is 266 g/mol. The Morgan fingerprint density at radius 3 is 2.53 bits per heavy atom. The van der Waals surface area contributed by atoms with Gasteiger partial charge in [-0.2, -0.15) is 4.98 Å². The first-order chi connectivity index (χ1) is 8.84. The van der Waals surface area contributed by atoms with Crippen LogP contribution < -0.4 is 0 Å². The Hall–Kier alpha value is -1.62. The molecule has 2 aromatic heterocycles. The van der Waals surface area contributed by atoms with E-state index in [-0.39, 0.29) is 5.28 Å². The van der Waals surface area contributed by atoms with Crippen molar-refractivity contribution in [3.8, 4) is 0 Å². The third-order valence-electron chi connectivity index (χ3n) is 2.84. The van der Waals surface area contributed by atoms with Crippen LogP contribution >= 0.6 is 11.6 Å². The minimum atomic E-state index is -1.08. The summed E-state index contributed by atoms with van der Waals surface area (Å²) >= 11 is 5.75. The van der Waals surface area contributed by atoms with Gasteiger partial charge in [0.2, 0.25) is 5.28 Å². The molecule has 0 amide bonds. The smallest absolute Gasteiger partial charge is 0.329 e. The average Bonchev–Trinajstić information content (AvgIpc) is 2.69. The number of aryl methyl sites for hydroxylation is 1.